The first-order valence-corrected chi connectivity index (χ1v) is 7.41. The number of ether oxygens (including phenoxy) is 1. The Hall–Kier alpha value is -2.64. The van der Waals surface area contributed by atoms with Crippen LogP contribution in [0.3, 0.4) is 0 Å². The molecule has 0 aliphatic carbocycles. The van der Waals surface area contributed by atoms with Gasteiger partial charge in [-0.3, -0.25) is 9.78 Å². The minimum absolute atomic E-state index is 0.202. The van der Waals surface area contributed by atoms with Crippen LogP contribution in [-0.2, 0) is 0 Å². The molecule has 0 bridgehead atoms. The van der Waals surface area contributed by atoms with Crippen molar-refractivity contribution in [3.63, 3.8) is 0 Å². The van der Waals surface area contributed by atoms with Crippen LogP contribution in [0.2, 0.25) is 0 Å². The maximum Gasteiger partial charge on any atom is 0.257 e. The van der Waals surface area contributed by atoms with Gasteiger partial charge in [0, 0.05) is 18.9 Å². The van der Waals surface area contributed by atoms with E-state index in [0.717, 1.165) is 12.1 Å². The van der Waals surface area contributed by atoms with Crippen LogP contribution in [0.15, 0.2) is 30.7 Å². The molecule has 1 unspecified atom stereocenters. The van der Waals surface area contributed by atoms with E-state index in [-0.39, 0.29) is 12.6 Å². The number of carbonyl (C=O) groups excluding carboxylic acids is 1. The Morgan fingerprint density at radius 3 is 2.79 bits per heavy atom. The van der Waals surface area contributed by atoms with Crippen LogP contribution in [0, 0.1) is 17.5 Å². The first kappa shape index (κ1) is 16.2. The van der Waals surface area contributed by atoms with Crippen molar-refractivity contribution in [1.82, 2.24) is 14.9 Å². The lowest BCUT2D eigenvalue weighted by Crippen LogP contribution is -2.44. The average Bonchev–Trinajstić information content (AvgIpc) is 2.60. The summed E-state index contributed by atoms with van der Waals surface area (Å²) in [6, 6.07) is 1.69. The molecule has 2 aromatic rings. The second-order valence-electron chi connectivity index (χ2n) is 5.40. The summed E-state index contributed by atoms with van der Waals surface area (Å²) in [5, 5.41) is 0. The van der Waals surface area contributed by atoms with Crippen molar-refractivity contribution < 1.29 is 22.7 Å². The van der Waals surface area contributed by atoms with E-state index in [1.54, 1.807) is 0 Å². The number of carbonyl (C=O) groups is 1. The highest BCUT2D eigenvalue weighted by atomic mass is 19.2. The van der Waals surface area contributed by atoms with Crippen LogP contribution in [0.5, 0.6) is 5.88 Å². The third-order valence-electron chi connectivity index (χ3n) is 3.76. The van der Waals surface area contributed by atoms with E-state index < -0.39 is 28.9 Å². The maximum atomic E-state index is 13.8. The van der Waals surface area contributed by atoms with Gasteiger partial charge in [-0.2, -0.15) is 0 Å². The third kappa shape index (κ3) is 3.32. The monoisotopic (exact) mass is 337 g/mol. The molecule has 1 aromatic heterocycles. The van der Waals surface area contributed by atoms with Gasteiger partial charge in [-0.05, 0) is 25.0 Å². The van der Waals surface area contributed by atoms with Gasteiger partial charge in [-0.1, -0.05) is 0 Å². The predicted octanol–water partition coefficient (Wildman–Crippen LogP) is 2.58. The number of nitrogens with zero attached hydrogens (tertiary/aromatic N) is 3. The number of hydrogen-bond donors (Lipinski definition) is 0. The van der Waals surface area contributed by atoms with Crippen LogP contribution in [0.1, 0.15) is 23.2 Å². The molecular weight excluding hydrogens is 323 g/mol. The molecule has 0 N–H and O–H groups in total. The van der Waals surface area contributed by atoms with Crippen LogP contribution in [-0.4, -0.2) is 40.0 Å². The summed E-state index contributed by atoms with van der Waals surface area (Å²) in [5.74, 6) is -4.82. The molecule has 0 saturated carbocycles. The average molecular weight is 337 g/mol. The van der Waals surface area contributed by atoms with Crippen molar-refractivity contribution in [2.75, 3.05) is 13.1 Å². The zero-order chi connectivity index (χ0) is 17.1. The molecule has 3 rings (SSSR count). The zero-order valence-corrected chi connectivity index (χ0v) is 12.6. The molecule has 1 aliphatic heterocycles. The molecule has 1 aliphatic rings. The predicted molar refractivity (Wildman–Crippen MR) is 77.9 cm³/mol. The minimum atomic E-state index is -1.65. The van der Waals surface area contributed by atoms with Crippen LogP contribution in [0.25, 0.3) is 0 Å². The van der Waals surface area contributed by atoms with Crippen LogP contribution in [0.4, 0.5) is 13.2 Å². The number of likely N-dealkylation sites (tertiary alicyclic amines) is 1. The van der Waals surface area contributed by atoms with Crippen molar-refractivity contribution in [3.8, 4) is 5.88 Å². The van der Waals surface area contributed by atoms with Gasteiger partial charge in [0.05, 0.1) is 18.3 Å². The highest BCUT2D eigenvalue weighted by Gasteiger charge is 2.29. The topological polar surface area (TPSA) is 55.3 Å². The first-order valence-electron chi connectivity index (χ1n) is 7.41. The van der Waals surface area contributed by atoms with Crippen molar-refractivity contribution in [2.24, 2.45) is 0 Å². The van der Waals surface area contributed by atoms with Crippen LogP contribution >= 0.6 is 0 Å². The fraction of sp³-hybridized carbons (Fsp3) is 0.312. The summed E-state index contributed by atoms with van der Waals surface area (Å²) in [6.45, 7) is 0.589. The highest BCUT2D eigenvalue weighted by molar-refractivity contribution is 5.94. The summed E-state index contributed by atoms with van der Waals surface area (Å²) in [4.78, 5) is 21.6. The lowest BCUT2D eigenvalue weighted by Gasteiger charge is -2.32. The second kappa shape index (κ2) is 6.86. The van der Waals surface area contributed by atoms with E-state index in [1.807, 2.05) is 0 Å². The molecule has 5 nitrogen and oxygen atoms in total. The van der Waals surface area contributed by atoms with Crippen LogP contribution < -0.4 is 4.74 Å². The molecule has 126 valence electrons. The Bertz CT molecular complexity index is 743. The lowest BCUT2D eigenvalue weighted by molar-refractivity contribution is 0.0521. The van der Waals surface area contributed by atoms with E-state index in [2.05, 4.69) is 9.97 Å². The number of aromatic nitrogens is 2. The van der Waals surface area contributed by atoms with Crippen molar-refractivity contribution >= 4 is 5.91 Å². The molecule has 8 heteroatoms. The van der Waals surface area contributed by atoms with Crippen molar-refractivity contribution in [3.05, 3.63) is 53.7 Å². The van der Waals surface area contributed by atoms with E-state index in [9.17, 15) is 18.0 Å². The van der Waals surface area contributed by atoms with Crippen molar-refractivity contribution in [1.29, 1.82) is 0 Å². The SMILES string of the molecule is O=C(c1ccc(F)c(F)c1F)N1CCCC(Oc2cnccn2)C1. The largest absolute Gasteiger partial charge is 0.471 e. The number of amides is 1. The Labute approximate surface area is 136 Å². The molecule has 2 heterocycles. The fourth-order valence-corrected chi connectivity index (χ4v) is 2.60. The molecule has 1 aromatic carbocycles. The zero-order valence-electron chi connectivity index (χ0n) is 12.6. The molecule has 0 radical (unpaired) electrons. The Balaban J connectivity index is 1.72. The van der Waals surface area contributed by atoms with Gasteiger partial charge < -0.3 is 9.64 Å². The summed E-state index contributed by atoms with van der Waals surface area (Å²) >= 11 is 0. The number of halogens is 3. The second-order valence-corrected chi connectivity index (χ2v) is 5.40. The Morgan fingerprint density at radius 1 is 1.21 bits per heavy atom. The van der Waals surface area contributed by atoms with E-state index in [4.69, 9.17) is 4.74 Å². The minimum Gasteiger partial charge on any atom is -0.471 e. The summed E-state index contributed by atoms with van der Waals surface area (Å²) in [7, 11) is 0. The molecule has 24 heavy (non-hydrogen) atoms. The Morgan fingerprint density at radius 2 is 2.04 bits per heavy atom. The van der Waals surface area contributed by atoms with Gasteiger partial charge >= 0.3 is 0 Å². The quantitative estimate of drug-likeness (QED) is 0.808. The van der Waals surface area contributed by atoms with Gasteiger partial charge in [0.25, 0.3) is 5.91 Å². The molecule has 1 fully saturated rings. The molecule has 0 spiro atoms. The van der Waals surface area contributed by atoms with E-state index in [0.29, 0.717) is 25.3 Å². The molecular formula is C16H14F3N3O2. The molecule has 1 saturated heterocycles. The number of benzene rings is 1. The summed E-state index contributed by atoms with van der Waals surface area (Å²) in [6.07, 6.45) is 5.46. The lowest BCUT2D eigenvalue weighted by atomic mass is 10.1. The van der Waals surface area contributed by atoms with E-state index >= 15 is 0 Å². The summed E-state index contributed by atoms with van der Waals surface area (Å²) < 4.78 is 45.8. The fourth-order valence-electron chi connectivity index (χ4n) is 2.60. The summed E-state index contributed by atoms with van der Waals surface area (Å²) in [5.41, 5.74) is -0.492. The smallest absolute Gasteiger partial charge is 0.257 e. The van der Waals surface area contributed by atoms with Crippen molar-refractivity contribution in [2.45, 2.75) is 18.9 Å². The number of rotatable bonds is 3. The first-order chi connectivity index (χ1) is 11.6. The molecule has 1 amide bonds. The van der Waals surface area contributed by atoms with Gasteiger partial charge in [-0.25, -0.2) is 18.2 Å². The third-order valence-corrected chi connectivity index (χ3v) is 3.76. The van der Waals surface area contributed by atoms with E-state index in [1.165, 1.54) is 23.5 Å². The highest BCUT2D eigenvalue weighted by Crippen LogP contribution is 2.21. The molecule has 1 atom stereocenters. The number of hydrogen-bond acceptors (Lipinski definition) is 4. The van der Waals surface area contributed by atoms with Gasteiger partial charge in [0.1, 0.15) is 6.10 Å². The maximum absolute atomic E-state index is 13.8. The van der Waals surface area contributed by atoms with Gasteiger partial charge in [0.15, 0.2) is 17.5 Å². The van der Waals surface area contributed by atoms with Gasteiger partial charge in [-0.15, -0.1) is 0 Å². The standard InChI is InChI=1S/C16H14F3N3O2/c17-12-4-3-11(14(18)15(12)19)16(23)22-7-1-2-10(9-22)24-13-8-20-5-6-21-13/h3-6,8,10H,1-2,7,9H2. The van der Waals surface area contributed by atoms with Gasteiger partial charge in [0.2, 0.25) is 5.88 Å². The normalized spacial score (nSPS) is 17.6. The number of piperidine rings is 1. The Kier molecular flexibility index (Phi) is 4.64.